The van der Waals surface area contributed by atoms with Gasteiger partial charge in [0.05, 0.1) is 10.5 Å². The minimum atomic E-state index is -4.02. The molecule has 1 N–H and O–H groups in total. The largest absolute Gasteiger partial charge is 0.478 e. The molecule has 0 radical (unpaired) electrons. The Balaban J connectivity index is 2.58. The van der Waals surface area contributed by atoms with Crippen molar-refractivity contribution < 1.29 is 23.1 Å². The zero-order valence-electron chi connectivity index (χ0n) is 10.5. The van der Waals surface area contributed by atoms with Crippen LogP contribution < -0.4 is 0 Å². The number of amides is 1. The Morgan fingerprint density at radius 3 is 2.60 bits per heavy atom. The van der Waals surface area contributed by atoms with E-state index in [2.05, 4.69) is 15.9 Å². The zero-order valence-corrected chi connectivity index (χ0v) is 12.9. The van der Waals surface area contributed by atoms with E-state index in [-0.39, 0.29) is 16.9 Å². The third kappa shape index (κ3) is 2.45. The third-order valence-corrected chi connectivity index (χ3v) is 5.86. The van der Waals surface area contributed by atoms with E-state index in [0.29, 0.717) is 11.0 Å². The van der Waals surface area contributed by atoms with Crippen LogP contribution in [0.1, 0.15) is 16.8 Å². The molecule has 20 heavy (non-hydrogen) atoms. The molecule has 8 heteroatoms. The van der Waals surface area contributed by atoms with Crippen molar-refractivity contribution >= 4 is 37.6 Å². The maximum Gasteiger partial charge on any atom is 0.337 e. The van der Waals surface area contributed by atoms with Gasteiger partial charge < -0.3 is 10.0 Å². The van der Waals surface area contributed by atoms with E-state index in [4.69, 9.17) is 5.11 Å². The highest BCUT2D eigenvalue weighted by Crippen LogP contribution is 2.29. The molecule has 1 unspecified atom stereocenters. The van der Waals surface area contributed by atoms with Gasteiger partial charge in [-0.2, -0.15) is 0 Å². The lowest BCUT2D eigenvalue weighted by atomic mass is 10.2. The number of halogens is 1. The normalized spacial score (nSPS) is 19.4. The van der Waals surface area contributed by atoms with Crippen LogP contribution in [0.15, 0.2) is 27.6 Å². The molecule has 1 saturated heterocycles. The molecule has 1 heterocycles. The highest BCUT2D eigenvalue weighted by Gasteiger charge is 2.41. The molecule has 1 aliphatic heterocycles. The second kappa shape index (κ2) is 5.17. The first-order chi connectivity index (χ1) is 9.25. The van der Waals surface area contributed by atoms with E-state index in [0.717, 1.165) is 0 Å². The van der Waals surface area contributed by atoms with Gasteiger partial charge in [-0.3, -0.25) is 4.79 Å². The van der Waals surface area contributed by atoms with E-state index in [1.54, 1.807) is 0 Å². The molecule has 1 amide bonds. The number of hydrogen-bond acceptors (Lipinski definition) is 4. The number of carboxylic acid groups (broad SMARTS) is 1. The van der Waals surface area contributed by atoms with Crippen LogP contribution in [-0.2, 0) is 14.6 Å². The Bertz CT molecular complexity index is 685. The molecular formula is C12H12BrNO5S. The molecular weight excluding hydrogens is 350 g/mol. The third-order valence-electron chi connectivity index (χ3n) is 3.23. The summed E-state index contributed by atoms with van der Waals surface area (Å²) in [7, 11) is -2.50. The van der Waals surface area contributed by atoms with Crippen LogP contribution >= 0.6 is 15.9 Å². The minimum Gasteiger partial charge on any atom is -0.478 e. The van der Waals surface area contributed by atoms with Crippen molar-refractivity contribution in [2.24, 2.45) is 0 Å². The molecule has 1 atom stereocenters. The molecule has 1 fully saturated rings. The number of benzene rings is 1. The van der Waals surface area contributed by atoms with E-state index in [9.17, 15) is 18.0 Å². The van der Waals surface area contributed by atoms with Gasteiger partial charge in [-0.1, -0.05) is 15.9 Å². The van der Waals surface area contributed by atoms with E-state index < -0.39 is 27.0 Å². The fourth-order valence-electron chi connectivity index (χ4n) is 2.14. The van der Waals surface area contributed by atoms with Crippen LogP contribution in [0.5, 0.6) is 0 Å². The number of hydrogen-bond donors (Lipinski definition) is 1. The Hall–Kier alpha value is -1.41. The standard InChI is InChI=1S/C12H12BrNO5S/c1-14-5-4-9(11(14)15)20(18,19)10-6-7(13)2-3-8(10)12(16)17/h2-3,6,9H,4-5H2,1H3,(H,16,17). The zero-order chi connectivity index (χ0) is 15.1. The predicted molar refractivity (Wildman–Crippen MR) is 74.3 cm³/mol. The summed E-state index contributed by atoms with van der Waals surface area (Å²) in [4.78, 5) is 24.1. The minimum absolute atomic E-state index is 0.170. The number of likely N-dealkylation sites (tertiary alicyclic amines) is 1. The first kappa shape index (κ1) is 15.0. The lowest BCUT2D eigenvalue weighted by Crippen LogP contribution is -2.32. The molecule has 0 bridgehead atoms. The summed E-state index contributed by atoms with van der Waals surface area (Å²) >= 11 is 3.12. The van der Waals surface area contributed by atoms with Crippen LogP contribution in [0.2, 0.25) is 0 Å². The quantitative estimate of drug-likeness (QED) is 0.871. The summed E-state index contributed by atoms with van der Waals surface area (Å²) in [6, 6.07) is 3.89. The number of nitrogens with zero attached hydrogens (tertiary/aromatic N) is 1. The predicted octanol–water partition coefficient (Wildman–Crippen LogP) is 1.15. The molecule has 6 nitrogen and oxygen atoms in total. The Morgan fingerprint density at radius 2 is 2.10 bits per heavy atom. The van der Waals surface area contributed by atoms with Crippen molar-refractivity contribution in [3.05, 3.63) is 28.2 Å². The number of carbonyl (C=O) groups is 2. The molecule has 108 valence electrons. The van der Waals surface area contributed by atoms with Crippen molar-refractivity contribution in [2.75, 3.05) is 13.6 Å². The highest BCUT2D eigenvalue weighted by atomic mass is 79.9. The second-order valence-electron chi connectivity index (χ2n) is 4.53. The molecule has 0 aromatic heterocycles. The summed E-state index contributed by atoms with van der Waals surface area (Å²) in [5.41, 5.74) is -0.324. The number of carbonyl (C=O) groups excluding carboxylic acids is 1. The first-order valence-corrected chi connectivity index (χ1v) is 8.11. The van der Waals surface area contributed by atoms with Gasteiger partial charge in [0.25, 0.3) is 0 Å². The monoisotopic (exact) mass is 361 g/mol. The first-order valence-electron chi connectivity index (χ1n) is 5.77. The van der Waals surface area contributed by atoms with E-state index in [1.807, 2.05) is 0 Å². The molecule has 1 aliphatic rings. The van der Waals surface area contributed by atoms with E-state index in [1.165, 1.54) is 30.1 Å². The molecule has 1 aromatic rings. The van der Waals surface area contributed by atoms with Gasteiger partial charge in [0.1, 0.15) is 5.25 Å². The fourth-order valence-corrected chi connectivity index (χ4v) is 4.57. The van der Waals surface area contributed by atoms with Crippen molar-refractivity contribution in [1.82, 2.24) is 4.90 Å². The van der Waals surface area contributed by atoms with Gasteiger partial charge >= 0.3 is 5.97 Å². The molecule has 2 rings (SSSR count). The Labute approximate surface area is 124 Å². The SMILES string of the molecule is CN1CCC(S(=O)(=O)c2cc(Br)ccc2C(=O)O)C1=O. The smallest absolute Gasteiger partial charge is 0.337 e. The van der Waals surface area contributed by atoms with Crippen molar-refractivity contribution in [1.29, 1.82) is 0 Å². The van der Waals surface area contributed by atoms with Gasteiger partial charge in [0, 0.05) is 18.1 Å². The average Bonchev–Trinajstić information content (AvgIpc) is 2.70. The van der Waals surface area contributed by atoms with Gasteiger partial charge in [-0.25, -0.2) is 13.2 Å². The number of carboxylic acids is 1. The van der Waals surface area contributed by atoms with Gasteiger partial charge in [0.15, 0.2) is 9.84 Å². The van der Waals surface area contributed by atoms with Gasteiger partial charge in [0.2, 0.25) is 5.91 Å². The van der Waals surface area contributed by atoms with Crippen molar-refractivity contribution in [2.45, 2.75) is 16.6 Å². The second-order valence-corrected chi connectivity index (χ2v) is 7.54. The van der Waals surface area contributed by atoms with Crippen LogP contribution in [-0.4, -0.2) is 49.1 Å². The van der Waals surface area contributed by atoms with Crippen LogP contribution in [0.25, 0.3) is 0 Å². The van der Waals surface area contributed by atoms with E-state index >= 15 is 0 Å². The molecule has 1 aromatic carbocycles. The van der Waals surface area contributed by atoms with Crippen molar-refractivity contribution in [3.63, 3.8) is 0 Å². The lowest BCUT2D eigenvalue weighted by Gasteiger charge is -2.13. The molecule has 0 aliphatic carbocycles. The number of rotatable bonds is 3. The van der Waals surface area contributed by atoms with Crippen molar-refractivity contribution in [3.8, 4) is 0 Å². The Kier molecular flexibility index (Phi) is 3.88. The van der Waals surface area contributed by atoms with Gasteiger partial charge in [-0.15, -0.1) is 0 Å². The van der Waals surface area contributed by atoms with Gasteiger partial charge in [-0.05, 0) is 24.6 Å². The number of sulfone groups is 1. The molecule has 0 spiro atoms. The summed E-state index contributed by atoms with van der Waals surface area (Å²) in [6.45, 7) is 0.346. The van der Waals surface area contributed by atoms with Crippen LogP contribution in [0.3, 0.4) is 0 Å². The maximum absolute atomic E-state index is 12.5. The van der Waals surface area contributed by atoms with Crippen LogP contribution in [0.4, 0.5) is 0 Å². The number of aromatic carboxylic acids is 1. The molecule has 0 saturated carbocycles. The summed E-state index contributed by atoms with van der Waals surface area (Å²) in [6.07, 6.45) is 0.170. The summed E-state index contributed by atoms with van der Waals surface area (Å²) in [5, 5.41) is 7.90. The maximum atomic E-state index is 12.5. The average molecular weight is 362 g/mol. The summed E-state index contributed by atoms with van der Waals surface area (Å²) in [5.74, 6) is -1.84. The fraction of sp³-hybridized carbons (Fsp3) is 0.333. The summed E-state index contributed by atoms with van der Waals surface area (Å²) < 4.78 is 25.5. The van der Waals surface area contributed by atoms with Crippen LogP contribution in [0, 0.1) is 0 Å². The Morgan fingerprint density at radius 1 is 1.45 bits per heavy atom. The highest BCUT2D eigenvalue weighted by molar-refractivity contribution is 9.10. The topological polar surface area (TPSA) is 91.8 Å². The lowest BCUT2D eigenvalue weighted by molar-refractivity contribution is -0.126.